The van der Waals surface area contributed by atoms with E-state index < -0.39 is 0 Å². The van der Waals surface area contributed by atoms with Crippen molar-refractivity contribution in [2.45, 2.75) is 19.9 Å². The van der Waals surface area contributed by atoms with E-state index >= 15 is 0 Å². The number of rotatable bonds is 4. The highest BCUT2D eigenvalue weighted by Gasteiger charge is 2.15. The number of hydrogen-bond acceptors (Lipinski definition) is 4. The van der Waals surface area contributed by atoms with Gasteiger partial charge >= 0.3 is 0 Å². The summed E-state index contributed by atoms with van der Waals surface area (Å²) in [6, 6.07) is 0. The second kappa shape index (κ2) is 5.05. The molecule has 88 valence electrons. The molecule has 0 atom stereocenters. The average Bonchev–Trinajstić information content (AvgIpc) is 2.77. The summed E-state index contributed by atoms with van der Waals surface area (Å²) in [5.41, 5.74) is 0.746. The first-order valence-corrected chi connectivity index (χ1v) is 5.63. The molecule has 0 fully saturated rings. The van der Waals surface area contributed by atoms with Crippen LogP contribution in [0.1, 0.15) is 23.7 Å². The fourth-order valence-electron chi connectivity index (χ4n) is 1.60. The number of nitrogens with zero attached hydrogens (tertiary/aromatic N) is 4. The molecule has 0 unspecified atom stereocenters. The van der Waals surface area contributed by atoms with Crippen LogP contribution in [0, 0.1) is 0 Å². The summed E-state index contributed by atoms with van der Waals surface area (Å²) in [5.74, 6) is 0.637. The highest BCUT2D eigenvalue weighted by atomic mass is 35.5. The Morgan fingerprint density at radius 1 is 1.41 bits per heavy atom. The maximum atomic E-state index is 11.0. The van der Waals surface area contributed by atoms with Crippen molar-refractivity contribution in [1.29, 1.82) is 0 Å². The van der Waals surface area contributed by atoms with Crippen LogP contribution in [0.2, 0.25) is 5.15 Å². The van der Waals surface area contributed by atoms with Gasteiger partial charge in [0.25, 0.3) is 0 Å². The molecule has 0 amide bonds. The van der Waals surface area contributed by atoms with E-state index in [0.29, 0.717) is 17.8 Å². The molecule has 5 nitrogen and oxygen atoms in total. The van der Waals surface area contributed by atoms with E-state index in [2.05, 4.69) is 21.9 Å². The minimum atomic E-state index is 0.149. The summed E-state index contributed by atoms with van der Waals surface area (Å²) in [5, 5.41) is 0.149. The van der Waals surface area contributed by atoms with Gasteiger partial charge in [-0.3, -0.25) is 4.79 Å². The van der Waals surface area contributed by atoms with Crippen LogP contribution in [0.5, 0.6) is 0 Å². The van der Waals surface area contributed by atoms with Crippen LogP contribution in [0.15, 0.2) is 18.7 Å². The van der Waals surface area contributed by atoms with E-state index in [4.69, 9.17) is 11.6 Å². The predicted octanol–water partition coefficient (Wildman–Crippen LogP) is 2.22. The van der Waals surface area contributed by atoms with Crippen molar-refractivity contribution >= 4 is 17.9 Å². The van der Waals surface area contributed by atoms with Gasteiger partial charge < -0.3 is 4.57 Å². The number of aryl methyl sites for hydroxylation is 1. The third-order valence-corrected chi connectivity index (χ3v) is 2.65. The second-order valence-electron chi connectivity index (χ2n) is 3.49. The zero-order valence-electron chi connectivity index (χ0n) is 9.30. The van der Waals surface area contributed by atoms with E-state index in [1.807, 2.05) is 10.8 Å². The van der Waals surface area contributed by atoms with E-state index in [1.165, 1.54) is 6.33 Å². The third kappa shape index (κ3) is 2.19. The van der Waals surface area contributed by atoms with Crippen molar-refractivity contribution in [1.82, 2.24) is 19.5 Å². The molecule has 0 saturated carbocycles. The maximum absolute atomic E-state index is 11.0. The molecule has 0 bridgehead atoms. The van der Waals surface area contributed by atoms with Gasteiger partial charge in [0.1, 0.15) is 17.2 Å². The average molecular weight is 251 g/mol. The summed E-state index contributed by atoms with van der Waals surface area (Å²) in [4.78, 5) is 23.1. The minimum absolute atomic E-state index is 0.149. The number of hydrogen-bond donors (Lipinski definition) is 0. The van der Waals surface area contributed by atoms with E-state index in [-0.39, 0.29) is 10.7 Å². The molecule has 0 spiro atoms. The highest BCUT2D eigenvalue weighted by Crippen LogP contribution is 2.22. The molecule has 0 aromatic carbocycles. The molecule has 0 radical (unpaired) electrons. The van der Waals surface area contributed by atoms with Crippen LogP contribution >= 0.6 is 11.6 Å². The van der Waals surface area contributed by atoms with Crippen LogP contribution in [0.25, 0.3) is 11.5 Å². The van der Waals surface area contributed by atoms with Gasteiger partial charge in [0.2, 0.25) is 0 Å². The van der Waals surface area contributed by atoms with Gasteiger partial charge in [-0.1, -0.05) is 18.5 Å². The lowest BCUT2D eigenvalue weighted by Gasteiger charge is -2.07. The van der Waals surface area contributed by atoms with Crippen LogP contribution in [-0.4, -0.2) is 25.8 Å². The van der Waals surface area contributed by atoms with Crippen LogP contribution < -0.4 is 0 Å². The molecule has 2 rings (SSSR count). The quantitative estimate of drug-likeness (QED) is 0.617. The van der Waals surface area contributed by atoms with Gasteiger partial charge in [-0.05, 0) is 6.42 Å². The molecule has 0 N–H and O–H groups in total. The summed E-state index contributed by atoms with van der Waals surface area (Å²) in [6.45, 7) is 2.88. The molecule has 0 aliphatic heterocycles. The lowest BCUT2D eigenvalue weighted by molar-refractivity contribution is 0.112. The topological polar surface area (TPSA) is 60.7 Å². The van der Waals surface area contributed by atoms with Crippen molar-refractivity contribution in [3.8, 4) is 11.5 Å². The Kier molecular flexibility index (Phi) is 3.49. The predicted molar refractivity (Wildman–Crippen MR) is 63.9 cm³/mol. The Hall–Kier alpha value is -1.75. The second-order valence-corrected chi connectivity index (χ2v) is 3.85. The number of aromatic nitrogens is 4. The number of aldehydes is 1. The van der Waals surface area contributed by atoms with E-state index in [0.717, 1.165) is 13.0 Å². The van der Waals surface area contributed by atoms with Gasteiger partial charge in [-0.25, -0.2) is 15.0 Å². The summed E-state index contributed by atoms with van der Waals surface area (Å²) in [7, 11) is 0. The third-order valence-electron chi connectivity index (χ3n) is 2.34. The Labute approximate surface area is 103 Å². The van der Waals surface area contributed by atoms with Gasteiger partial charge in [0.05, 0.1) is 5.56 Å². The van der Waals surface area contributed by atoms with E-state index in [1.54, 1.807) is 6.20 Å². The molecule has 0 saturated heterocycles. The standard InChI is InChI=1S/C11H11ClN4O/c1-2-4-16-5-3-13-11(16)9-8(6-17)10(12)15-7-14-9/h3,5-7H,2,4H2,1H3. The van der Waals surface area contributed by atoms with Crippen LogP contribution in [-0.2, 0) is 6.54 Å². The zero-order chi connectivity index (χ0) is 12.3. The van der Waals surface area contributed by atoms with Crippen LogP contribution in [0.4, 0.5) is 0 Å². The Bertz CT molecular complexity index is 538. The SMILES string of the molecule is CCCn1ccnc1-c1ncnc(Cl)c1C=O. The van der Waals surface area contributed by atoms with Crippen molar-refractivity contribution in [2.75, 3.05) is 0 Å². The summed E-state index contributed by atoms with van der Waals surface area (Å²) < 4.78 is 1.94. The highest BCUT2D eigenvalue weighted by molar-refractivity contribution is 6.32. The van der Waals surface area contributed by atoms with Crippen molar-refractivity contribution < 1.29 is 4.79 Å². The summed E-state index contributed by atoms with van der Waals surface area (Å²) in [6.07, 6.45) is 6.48. The monoisotopic (exact) mass is 250 g/mol. The fraction of sp³-hybridized carbons (Fsp3) is 0.273. The van der Waals surface area contributed by atoms with Gasteiger partial charge in [-0.2, -0.15) is 0 Å². The van der Waals surface area contributed by atoms with Crippen molar-refractivity contribution in [3.05, 3.63) is 29.4 Å². The molecule has 6 heteroatoms. The molecule has 17 heavy (non-hydrogen) atoms. The number of imidazole rings is 1. The number of carbonyl (C=O) groups excluding carboxylic acids is 1. The van der Waals surface area contributed by atoms with Crippen LogP contribution in [0.3, 0.4) is 0 Å². The lowest BCUT2D eigenvalue weighted by atomic mass is 10.2. The first-order chi connectivity index (χ1) is 8.27. The summed E-state index contributed by atoms with van der Waals surface area (Å²) >= 11 is 5.86. The minimum Gasteiger partial charge on any atom is -0.330 e. The molecular weight excluding hydrogens is 240 g/mol. The first-order valence-electron chi connectivity index (χ1n) is 5.25. The largest absolute Gasteiger partial charge is 0.330 e. The molecule has 2 aromatic heterocycles. The van der Waals surface area contributed by atoms with Gasteiger partial charge in [0, 0.05) is 18.9 Å². The van der Waals surface area contributed by atoms with Crippen molar-refractivity contribution in [2.24, 2.45) is 0 Å². The molecule has 2 heterocycles. The fourth-order valence-corrected chi connectivity index (χ4v) is 1.78. The number of carbonyl (C=O) groups is 1. The Balaban J connectivity index is 2.56. The molecular formula is C11H11ClN4O. The smallest absolute Gasteiger partial charge is 0.159 e. The Morgan fingerprint density at radius 2 is 2.24 bits per heavy atom. The molecule has 2 aromatic rings. The number of halogens is 1. The van der Waals surface area contributed by atoms with Gasteiger partial charge in [-0.15, -0.1) is 0 Å². The Morgan fingerprint density at radius 3 is 2.94 bits per heavy atom. The van der Waals surface area contributed by atoms with Crippen molar-refractivity contribution in [3.63, 3.8) is 0 Å². The molecule has 0 aliphatic rings. The van der Waals surface area contributed by atoms with Gasteiger partial charge in [0.15, 0.2) is 12.1 Å². The zero-order valence-corrected chi connectivity index (χ0v) is 10.1. The first kappa shape index (κ1) is 11.7. The maximum Gasteiger partial charge on any atom is 0.159 e. The molecule has 0 aliphatic carbocycles. The van der Waals surface area contributed by atoms with E-state index in [9.17, 15) is 4.79 Å². The lowest BCUT2D eigenvalue weighted by Crippen LogP contribution is -2.03. The normalized spacial score (nSPS) is 10.5.